The standard InChI is InChI=1S/C24H21Cl3N2O5S/c25-17-7-3-15(4-8-17)16-5-10-19(11-6-16)35(33,34)29-22(24(31)32)2-1-13-28-23(30)20-12-9-18(26)14-21(20)27/h3-12,14,22,29H,1-2,13H2,(H,28,30)(H,31,32)/t22-/m0/s1. The monoisotopic (exact) mass is 554 g/mol. The zero-order valence-electron chi connectivity index (χ0n) is 18.2. The third-order valence-electron chi connectivity index (χ3n) is 5.07. The molecular weight excluding hydrogens is 535 g/mol. The summed E-state index contributed by atoms with van der Waals surface area (Å²) in [4.78, 5) is 23.8. The van der Waals surface area contributed by atoms with Crippen LogP contribution in [0.4, 0.5) is 0 Å². The lowest BCUT2D eigenvalue weighted by Gasteiger charge is -2.15. The molecular formula is C24H21Cl3N2O5S. The fourth-order valence-electron chi connectivity index (χ4n) is 3.23. The molecule has 3 aromatic carbocycles. The molecule has 0 aliphatic carbocycles. The topological polar surface area (TPSA) is 113 Å². The summed E-state index contributed by atoms with van der Waals surface area (Å²) in [5.41, 5.74) is 1.87. The maximum Gasteiger partial charge on any atom is 0.321 e. The van der Waals surface area contributed by atoms with Crippen LogP contribution < -0.4 is 10.0 Å². The van der Waals surface area contributed by atoms with Crippen molar-refractivity contribution in [2.45, 2.75) is 23.8 Å². The van der Waals surface area contributed by atoms with E-state index in [1.807, 2.05) is 12.1 Å². The van der Waals surface area contributed by atoms with E-state index in [2.05, 4.69) is 10.0 Å². The van der Waals surface area contributed by atoms with Crippen molar-refractivity contribution in [3.05, 3.63) is 87.4 Å². The highest BCUT2D eigenvalue weighted by atomic mass is 35.5. The van der Waals surface area contributed by atoms with Crippen molar-refractivity contribution in [3.8, 4) is 11.1 Å². The Morgan fingerprint density at radius 2 is 1.43 bits per heavy atom. The first-order valence-electron chi connectivity index (χ1n) is 10.4. The van der Waals surface area contributed by atoms with Gasteiger partial charge >= 0.3 is 5.97 Å². The number of carboxylic acids is 1. The fraction of sp³-hybridized carbons (Fsp3) is 0.167. The predicted octanol–water partition coefficient (Wildman–Crippen LogP) is 5.26. The number of carbonyl (C=O) groups is 2. The Bertz CT molecular complexity index is 1310. The average Bonchev–Trinajstić information content (AvgIpc) is 2.81. The number of hydrogen-bond acceptors (Lipinski definition) is 4. The molecule has 0 unspecified atom stereocenters. The number of halogens is 3. The first-order valence-corrected chi connectivity index (χ1v) is 13.0. The molecule has 0 heterocycles. The van der Waals surface area contributed by atoms with Crippen molar-refractivity contribution in [1.29, 1.82) is 0 Å². The second-order valence-electron chi connectivity index (χ2n) is 7.57. The third kappa shape index (κ3) is 7.43. The average molecular weight is 556 g/mol. The summed E-state index contributed by atoms with van der Waals surface area (Å²) in [5, 5.41) is 13.3. The minimum Gasteiger partial charge on any atom is -0.480 e. The molecule has 0 bridgehead atoms. The second kappa shape index (κ2) is 11.9. The van der Waals surface area contributed by atoms with Crippen molar-refractivity contribution < 1.29 is 23.1 Å². The van der Waals surface area contributed by atoms with Gasteiger partial charge in [0.05, 0.1) is 15.5 Å². The van der Waals surface area contributed by atoms with Crippen LogP contribution in [0.2, 0.25) is 15.1 Å². The van der Waals surface area contributed by atoms with Gasteiger partial charge in [0.1, 0.15) is 6.04 Å². The van der Waals surface area contributed by atoms with Gasteiger partial charge in [-0.1, -0.05) is 59.1 Å². The predicted molar refractivity (Wildman–Crippen MR) is 137 cm³/mol. The van der Waals surface area contributed by atoms with E-state index in [4.69, 9.17) is 34.8 Å². The molecule has 184 valence electrons. The van der Waals surface area contributed by atoms with Crippen LogP contribution >= 0.6 is 34.8 Å². The van der Waals surface area contributed by atoms with Gasteiger partial charge in [0.15, 0.2) is 0 Å². The highest BCUT2D eigenvalue weighted by Gasteiger charge is 2.25. The van der Waals surface area contributed by atoms with Gasteiger partial charge < -0.3 is 10.4 Å². The Balaban J connectivity index is 1.58. The maximum atomic E-state index is 12.7. The van der Waals surface area contributed by atoms with E-state index in [0.29, 0.717) is 10.0 Å². The number of carboxylic acid groups (broad SMARTS) is 1. The third-order valence-corrected chi connectivity index (χ3v) is 7.36. The molecule has 1 atom stereocenters. The quantitative estimate of drug-likeness (QED) is 0.296. The normalized spacial score (nSPS) is 12.2. The zero-order chi connectivity index (χ0) is 25.6. The smallest absolute Gasteiger partial charge is 0.321 e. The number of aliphatic carboxylic acids is 1. The van der Waals surface area contributed by atoms with Gasteiger partial charge in [0, 0.05) is 16.6 Å². The van der Waals surface area contributed by atoms with Crippen LogP contribution in [0.5, 0.6) is 0 Å². The van der Waals surface area contributed by atoms with Crippen molar-refractivity contribution in [2.24, 2.45) is 0 Å². The van der Waals surface area contributed by atoms with Crippen molar-refractivity contribution in [1.82, 2.24) is 10.0 Å². The minimum atomic E-state index is -4.09. The van der Waals surface area contributed by atoms with Crippen LogP contribution in [0.1, 0.15) is 23.2 Å². The molecule has 3 rings (SSSR count). The van der Waals surface area contributed by atoms with Gasteiger partial charge in [0.2, 0.25) is 10.0 Å². The number of benzene rings is 3. The SMILES string of the molecule is O=C(NCCC[C@H](NS(=O)(=O)c1ccc(-c2ccc(Cl)cc2)cc1)C(=O)O)c1ccc(Cl)cc1Cl. The van der Waals surface area contributed by atoms with Gasteiger partial charge in [-0.05, 0) is 66.4 Å². The summed E-state index contributed by atoms with van der Waals surface area (Å²) < 4.78 is 27.7. The Labute approximate surface area is 218 Å². The highest BCUT2D eigenvalue weighted by Crippen LogP contribution is 2.23. The molecule has 35 heavy (non-hydrogen) atoms. The van der Waals surface area contributed by atoms with E-state index >= 15 is 0 Å². The lowest BCUT2D eigenvalue weighted by atomic mass is 10.1. The molecule has 3 N–H and O–H groups in total. The van der Waals surface area contributed by atoms with E-state index in [9.17, 15) is 23.1 Å². The summed E-state index contributed by atoms with van der Waals surface area (Å²) in [5.74, 6) is -1.77. The number of carbonyl (C=O) groups excluding carboxylic acids is 1. The summed E-state index contributed by atoms with van der Waals surface area (Å²) in [6, 6.07) is 16.2. The van der Waals surface area contributed by atoms with E-state index < -0.39 is 27.9 Å². The van der Waals surface area contributed by atoms with Gasteiger partial charge in [0.25, 0.3) is 5.91 Å². The molecule has 0 aliphatic heterocycles. The molecule has 0 radical (unpaired) electrons. The summed E-state index contributed by atoms with van der Waals surface area (Å²) in [6.45, 7) is 0.124. The summed E-state index contributed by atoms with van der Waals surface area (Å²) in [7, 11) is -4.09. The van der Waals surface area contributed by atoms with Crippen molar-refractivity contribution >= 4 is 56.7 Å². The highest BCUT2D eigenvalue weighted by molar-refractivity contribution is 7.89. The first-order chi connectivity index (χ1) is 16.6. The van der Waals surface area contributed by atoms with Crippen LogP contribution in [-0.4, -0.2) is 38.0 Å². The van der Waals surface area contributed by atoms with Crippen LogP contribution in [0.25, 0.3) is 11.1 Å². The molecule has 3 aromatic rings. The summed E-state index contributed by atoms with van der Waals surface area (Å²) in [6.07, 6.45) is 0.179. The Morgan fingerprint density at radius 1 is 0.857 bits per heavy atom. The van der Waals surface area contributed by atoms with E-state index in [1.165, 1.54) is 30.3 Å². The van der Waals surface area contributed by atoms with E-state index in [-0.39, 0.29) is 34.9 Å². The largest absolute Gasteiger partial charge is 0.480 e. The number of amides is 1. The van der Waals surface area contributed by atoms with Crippen molar-refractivity contribution in [2.75, 3.05) is 6.54 Å². The molecule has 0 saturated carbocycles. The number of nitrogens with one attached hydrogen (secondary N) is 2. The maximum absolute atomic E-state index is 12.7. The van der Waals surface area contributed by atoms with Crippen LogP contribution in [0, 0.1) is 0 Å². The number of sulfonamides is 1. The molecule has 7 nitrogen and oxygen atoms in total. The molecule has 11 heteroatoms. The molecule has 0 aromatic heterocycles. The van der Waals surface area contributed by atoms with E-state index in [1.54, 1.807) is 24.3 Å². The molecule has 0 aliphatic rings. The van der Waals surface area contributed by atoms with Gasteiger partial charge in [-0.2, -0.15) is 4.72 Å². The molecule has 1 amide bonds. The van der Waals surface area contributed by atoms with Gasteiger partial charge in [-0.15, -0.1) is 0 Å². The summed E-state index contributed by atoms with van der Waals surface area (Å²) >= 11 is 17.7. The molecule has 0 spiro atoms. The Kier molecular flexibility index (Phi) is 9.15. The van der Waals surface area contributed by atoms with Crippen LogP contribution in [0.3, 0.4) is 0 Å². The minimum absolute atomic E-state index is 0.0357. The first kappa shape index (κ1) is 27.0. The Morgan fingerprint density at radius 3 is 2.00 bits per heavy atom. The lowest BCUT2D eigenvalue weighted by molar-refractivity contribution is -0.139. The van der Waals surface area contributed by atoms with Crippen LogP contribution in [-0.2, 0) is 14.8 Å². The second-order valence-corrected chi connectivity index (χ2v) is 10.6. The number of hydrogen-bond donors (Lipinski definition) is 3. The Hall–Kier alpha value is -2.62. The fourth-order valence-corrected chi connectivity index (χ4v) is 5.08. The van der Waals surface area contributed by atoms with Crippen LogP contribution in [0.15, 0.2) is 71.6 Å². The number of rotatable bonds is 10. The van der Waals surface area contributed by atoms with Gasteiger partial charge in [-0.3, -0.25) is 9.59 Å². The van der Waals surface area contributed by atoms with E-state index in [0.717, 1.165) is 11.1 Å². The van der Waals surface area contributed by atoms with Gasteiger partial charge in [-0.25, -0.2) is 8.42 Å². The molecule has 0 saturated heterocycles. The van der Waals surface area contributed by atoms with Crippen molar-refractivity contribution in [3.63, 3.8) is 0 Å². The molecule has 0 fully saturated rings. The lowest BCUT2D eigenvalue weighted by Crippen LogP contribution is -2.41. The zero-order valence-corrected chi connectivity index (χ0v) is 21.3.